The molecule has 4 rings (SSSR count). The third kappa shape index (κ3) is 7.21. The summed E-state index contributed by atoms with van der Waals surface area (Å²) in [5.41, 5.74) is 3.23. The normalized spacial score (nSPS) is 24.3. The number of hydrogen-bond donors (Lipinski definition) is 0. The third-order valence-corrected chi connectivity index (χ3v) is 6.06. The van der Waals surface area contributed by atoms with Crippen LogP contribution in [0.3, 0.4) is 0 Å². The molecule has 0 N–H and O–H groups in total. The SMILES string of the molecule is CO[C@H]1O[C@H](COCc2ccccc2)[C@H](OCc2ccccc2)[C@H](OC)[C@H]1OCc1ccccc1. The quantitative estimate of drug-likeness (QED) is 0.374. The Labute approximate surface area is 207 Å². The summed E-state index contributed by atoms with van der Waals surface area (Å²) < 4.78 is 36.7. The lowest BCUT2D eigenvalue weighted by Crippen LogP contribution is -2.61. The molecular formula is C29H34O6. The van der Waals surface area contributed by atoms with Gasteiger partial charge in [-0.2, -0.15) is 0 Å². The molecular weight excluding hydrogens is 444 g/mol. The van der Waals surface area contributed by atoms with Gasteiger partial charge in [0.2, 0.25) is 0 Å². The molecule has 1 saturated heterocycles. The molecule has 1 aliphatic rings. The van der Waals surface area contributed by atoms with Crippen LogP contribution in [0.25, 0.3) is 0 Å². The molecule has 0 unspecified atom stereocenters. The zero-order valence-electron chi connectivity index (χ0n) is 20.3. The lowest BCUT2D eigenvalue weighted by atomic mass is 9.98. The molecule has 0 spiro atoms. The Morgan fingerprint density at radius 1 is 0.571 bits per heavy atom. The molecule has 5 atom stereocenters. The Kier molecular flexibility index (Phi) is 9.84. The molecule has 3 aromatic carbocycles. The van der Waals surface area contributed by atoms with Gasteiger partial charge in [0.1, 0.15) is 24.4 Å². The minimum absolute atomic E-state index is 0.333. The average molecular weight is 479 g/mol. The van der Waals surface area contributed by atoms with Gasteiger partial charge in [0.25, 0.3) is 0 Å². The van der Waals surface area contributed by atoms with Crippen LogP contribution in [0.15, 0.2) is 91.0 Å². The van der Waals surface area contributed by atoms with Crippen molar-refractivity contribution < 1.29 is 28.4 Å². The van der Waals surface area contributed by atoms with Gasteiger partial charge in [0.15, 0.2) is 6.29 Å². The fourth-order valence-corrected chi connectivity index (χ4v) is 4.25. The maximum Gasteiger partial charge on any atom is 0.186 e. The summed E-state index contributed by atoms with van der Waals surface area (Å²) in [5.74, 6) is 0. The van der Waals surface area contributed by atoms with Crippen molar-refractivity contribution in [2.75, 3.05) is 20.8 Å². The first-order chi connectivity index (χ1) is 17.3. The van der Waals surface area contributed by atoms with E-state index < -0.39 is 30.7 Å². The molecule has 3 aromatic rings. The van der Waals surface area contributed by atoms with Crippen molar-refractivity contribution in [3.63, 3.8) is 0 Å². The van der Waals surface area contributed by atoms with Crippen molar-refractivity contribution in [2.45, 2.75) is 50.5 Å². The minimum atomic E-state index is -0.620. The number of ether oxygens (including phenoxy) is 6. The zero-order chi connectivity index (χ0) is 24.3. The predicted octanol–water partition coefficient (Wildman–Crippen LogP) is 4.76. The summed E-state index contributed by atoms with van der Waals surface area (Å²) >= 11 is 0. The number of benzene rings is 3. The highest BCUT2D eigenvalue weighted by Crippen LogP contribution is 2.30. The topological polar surface area (TPSA) is 55.4 Å². The number of methoxy groups -OCH3 is 2. The maximum absolute atomic E-state index is 6.40. The standard InChI is InChI=1S/C29H34O6/c1-30-27-26(33-19-23-14-8-4-9-15-23)25(21-32-18-22-12-6-3-7-13-22)35-29(31-2)28(27)34-20-24-16-10-5-11-17-24/h3-17,25-29H,18-21H2,1-2H3/t25-,26+,27+,28-,29+/m1/s1. The molecule has 0 aliphatic carbocycles. The van der Waals surface area contributed by atoms with E-state index in [1.807, 2.05) is 91.0 Å². The van der Waals surface area contributed by atoms with Crippen molar-refractivity contribution in [3.05, 3.63) is 108 Å². The monoisotopic (exact) mass is 478 g/mol. The van der Waals surface area contributed by atoms with E-state index in [4.69, 9.17) is 28.4 Å². The molecule has 0 radical (unpaired) electrons. The van der Waals surface area contributed by atoms with E-state index in [2.05, 4.69) is 0 Å². The first-order valence-corrected chi connectivity index (χ1v) is 11.9. The smallest absolute Gasteiger partial charge is 0.186 e. The minimum Gasteiger partial charge on any atom is -0.376 e. The number of hydrogen-bond acceptors (Lipinski definition) is 6. The van der Waals surface area contributed by atoms with Crippen LogP contribution >= 0.6 is 0 Å². The summed E-state index contributed by atoms with van der Waals surface area (Å²) in [7, 11) is 3.28. The molecule has 0 amide bonds. The summed E-state index contributed by atoms with van der Waals surface area (Å²) in [6, 6.07) is 30.1. The second-order valence-corrected chi connectivity index (χ2v) is 8.50. The van der Waals surface area contributed by atoms with E-state index in [-0.39, 0.29) is 0 Å². The Hall–Kier alpha value is -2.58. The van der Waals surface area contributed by atoms with Gasteiger partial charge < -0.3 is 28.4 Å². The Morgan fingerprint density at radius 3 is 1.54 bits per heavy atom. The van der Waals surface area contributed by atoms with E-state index in [9.17, 15) is 0 Å². The molecule has 1 fully saturated rings. The van der Waals surface area contributed by atoms with E-state index in [0.29, 0.717) is 26.4 Å². The van der Waals surface area contributed by atoms with Gasteiger partial charge >= 0.3 is 0 Å². The highest BCUT2D eigenvalue weighted by atomic mass is 16.7. The van der Waals surface area contributed by atoms with E-state index in [1.54, 1.807) is 14.2 Å². The fourth-order valence-electron chi connectivity index (χ4n) is 4.25. The van der Waals surface area contributed by atoms with Crippen LogP contribution in [-0.2, 0) is 48.2 Å². The molecule has 6 heteroatoms. The van der Waals surface area contributed by atoms with Gasteiger partial charge in [-0.3, -0.25) is 0 Å². The molecule has 6 nitrogen and oxygen atoms in total. The number of rotatable bonds is 12. The van der Waals surface area contributed by atoms with Crippen LogP contribution in [0, 0.1) is 0 Å². The fraction of sp³-hybridized carbons (Fsp3) is 0.379. The molecule has 0 saturated carbocycles. The molecule has 0 aromatic heterocycles. The Balaban J connectivity index is 1.48. The second kappa shape index (κ2) is 13.5. The highest BCUT2D eigenvalue weighted by Gasteiger charge is 2.48. The molecule has 0 bridgehead atoms. The van der Waals surface area contributed by atoms with Gasteiger partial charge in [0, 0.05) is 14.2 Å². The van der Waals surface area contributed by atoms with Crippen molar-refractivity contribution in [2.24, 2.45) is 0 Å². The van der Waals surface area contributed by atoms with Crippen LogP contribution in [0.4, 0.5) is 0 Å². The van der Waals surface area contributed by atoms with Gasteiger partial charge in [-0.15, -0.1) is 0 Å². The van der Waals surface area contributed by atoms with Crippen LogP contribution in [0.1, 0.15) is 16.7 Å². The average Bonchev–Trinajstić information content (AvgIpc) is 2.92. The molecule has 1 aliphatic heterocycles. The van der Waals surface area contributed by atoms with E-state index in [0.717, 1.165) is 16.7 Å². The van der Waals surface area contributed by atoms with Gasteiger partial charge in [0.05, 0.1) is 26.4 Å². The van der Waals surface area contributed by atoms with Gasteiger partial charge in [-0.25, -0.2) is 0 Å². The maximum atomic E-state index is 6.40. The Bertz CT molecular complexity index is 968. The van der Waals surface area contributed by atoms with Crippen molar-refractivity contribution in [1.29, 1.82) is 0 Å². The van der Waals surface area contributed by atoms with Crippen LogP contribution < -0.4 is 0 Å². The van der Waals surface area contributed by atoms with Crippen LogP contribution in [-0.4, -0.2) is 51.5 Å². The van der Waals surface area contributed by atoms with E-state index in [1.165, 1.54) is 0 Å². The van der Waals surface area contributed by atoms with Crippen molar-refractivity contribution in [3.8, 4) is 0 Å². The molecule has 1 heterocycles. The molecule has 35 heavy (non-hydrogen) atoms. The van der Waals surface area contributed by atoms with Crippen LogP contribution in [0.5, 0.6) is 0 Å². The van der Waals surface area contributed by atoms with E-state index >= 15 is 0 Å². The lowest BCUT2D eigenvalue weighted by Gasteiger charge is -2.45. The summed E-state index contributed by atoms with van der Waals surface area (Å²) in [6.45, 7) is 1.65. The van der Waals surface area contributed by atoms with Crippen molar-refractivity contribution >= 4 is 0 Å². The zero-order valence-corrected chi connectivity index (χ0v) is 20.3. The van der Waals surface area contributed by atoms with Gasteiger partial charge in [-0.1, -0.05) is 91.0 Å². The summed E-state index contributed by atoms with van der Waals surface area (Å²) in [5, 5.41) is 0. The molecule has 186 valence electrons. The summed E-state index contributed by atoms with van der Waals surface area (Å²) in [4.78, 5) is 0. The summed E-state index contributed by atoms with van der Waals surface area (Å²) in [6.07, 6.45) is -2.31. The highest BCUT2D eigenvalue weighted by molar-refractivity contribution is 5.15. The largest absolute Gasteiger partial charge is 0.376 e. The third-order valence-electron chi connectivity index (χ3n) is 6.06. The van der Waals surface area contributed by atoms with Crippen LogP contribution in [0.2, 0.25) is 0 Å². The first-order valence-electron chi connectivity index (χ1n) is 11.9. The first kappa shape index (κ1) is 25.5. The Morgan fingerprint density at radius 2 is 1.06 bits per heavy atom. The predicted molar refractivity (Wildman–Crippen MR) is 133 cm³/mol. The van der Waals surface area contributed by atoms with Gasteiger partial charge in [-0.05, 0) is 16.7 Å². The second-order valence-electron chi connectivity index (χ2n) is 8.50. The van der Waals surface area contributed by atoms with Crippen molar-refractivity contribution in [1.82, 2.24) is 0 Å². The lowest BCUT2D eigenvalue weighted by molar-refractivity contribution is -0.318.